The minimum atomic E-state index is -0.285. The highest BCUT2D eigenvalue weighted by Gasteiger charge is 2.21. The van der Waals surface area contributed by atoms with Crippen molar-refractivity contribution >= 4 is 45.1 Å². The molecule has 0 spiro atoms. The average Bonchev–Trinajstić information content (AvgIpc) is 3.03. The monoisotopic (exact) mass is 450 g/mol. The standard InChI is InChI=1S/C21H30N4O3S2/c1-12-13(2)30-21-17(12)20(28)24-16(25-21)11-29-14(3)18(26)22-9-10-23-19(27)15-7-5-4-6-8-15/h14-15H,4-11H2,1-3H3,(H,22,26)(H,23,27)(H,24,25,28). The number of aryl methyl sites for hydroxylation is 2. The Bertz CT molecular complexity index is 963. The summed E-state index contributed by atoms with van der Waals surface area (Å²) in [6.45, 7) is 6.61. The fourth-order valence-corrected chi connectivity index (χ4v) is 5.50. The zero-order valence-corrected chi connectivity index (χ0v) is 19.4. The molecule has 2 aromatic rings. The molecule has 9 heteroatoms. The number of hydrogen-bond donors (Lipinski definition) is 3. The van der Waals surface area contributed by atoms with Crippen LogP contribution in [0.4, 0.5) is 0 Å². The number of nitrogens with zero attached hydrogens (tertiary/aromatic N) is 1. The maximum Gasteiger partial charge on any atom is 0.259 e. The van der Waals surface area contributed by atoms with Crippen LogP contribution in [0.25, 0.3) is 10.2 Å². The molecule has 1 aliphatic rings. The minimum absolute atomic E-state index is 0.0850. The Labute approximate surface area is 184 Å². The van der Waals surface area contributed by atoms with Crippen LogP contribution >= 0.6 is 23.1 Å². The number of carbonyl (C=O) groups is 2. The van der Waals surface area contributed by atoms with E-state index in [4.69, 9.17) is 0 Å². The van der Waals surface area contributed by atoms with Crippen molar-refractivity contribution in [3.8, 4) is 0 Å². The van der Waals surface area contributed by atoms with Gasteiger partial charge in [0.2, 0.25) is 11.8 Å². The van der Waals surface area contributed by atoms with Gasteiger partial charge in [-0.1, -0.05) is 19.3 Å². The van der Waals surface area contributed by atoms with Crippen LogP contribution in [0.3, 0.4) is 0 Å². The number of carbonyl (C=O) groups excluding carboxylic acids is 2. The van der Waals surface area contributed by atoms with Crippen LogP contribution in [0, 0.1) is 19.8 Å². The molecule has 2 heterocycles. The Morgan fingerprint density at radius 1 is 1.20 bits per heavy atom. The number of fused-ring (bicyclic) bond motifs is 1. The third kappa shape index (κ3) is 5.63. The topological polar surface area (TPSA) is 104 Å². The van der Waals surface area contributed by atoms with Crippen molar-refractivity contribution in [2.75, 3.05) is 13.1 Å². The third-order valence-corrected chi connectivity index (χ3v) is 7.88. The Morgan fingerprint density at radius 3 is 2.63 bits per heavy atom. The maximum absolute atomic E-state index is 12.3. The SMILES string of the molecule is Cc1sc2nc(CSC(C)C(=O)NCCNC(=O)C3CCCCC3)[nH]c(=O)c2c1C. The number of thiophene rings is 1. The lowest BCUT2D eigenvalue weighted by Gasteiger charge is -2.20. The minimum Gasteiger partial charge on any atom is -0.354 e. The van der Waals surface area contributed by atoms with Gasteiger partial charge in [-0.15, -0.1) is 23.1 Å². The van der Waals surface area contributed by atoms with Crippen LogP contribution in [0.5, 0.6) is 0 Å². The first kappa shape index (κ1) is 22.8. The summed E-state index contributed by atoms with van der Waals surface area (Å²) >= 11 is 2.95. The molecule has 3 rings (SSSR count). The lowest BCUT2D eigenvalue weighted by molar-refractivity contribution is -0.126. The first-order valence-corrected chi connectivity index (χ1v) is 12.4. The van der Waals surface area contributed by atoms with Crippen LogP contribution in [-0.2, 0) is 15.3 Å². The van der Waals surface area contributed by atoms with Crippen molar-refractivity contribution in [1.29, 1.82) is 0 Å². The van der Waals surface area contributed by atoms with Crippen LogP contribution in [0.2, 0.25) is 0 Å². The highest BCUT2D eigenvalue weighted by Crippen LogP contribution is 2.26. The average molecular weight is 451 g/mol. The Hall–Kier alpha value is -1.87. The van der Waals surface area contributed by atoms with E-state index < -0.39 is 0 Å². The molecule has 3 N–H and O–H groups in total. The summed E-state index contributed by atoms with van der Waals surface area (Å²) in [6.07, 6.45) is 5.42. The van der Waals surface area contributed by atoms with Gasteiger partial charge in [0.1, 0.15) is 10.7 Å². The van der Waals surface area contributed by atoms with Gasteiger partial charge < -0.3 is 15.6 Å². The molecule has 0 aliphatic heterocycles. The van der Waals surface area contributed by atoms with Gasteiger partial charge in [-0.05, 0) is 39.2 Å². The van der Waals surface area contributed by atoms with E-state index in [1.54, 1.807) is 0 Å². The largest absolute Gasteiger partial charge is 0.354 e. The predicted octanol–water partition coefficient (Wildman–Crippen LogP) is 3.04. The summed E-state index contributed by atoms with van der Waals surface area (Å²) in [5, 5.41) is 6.16. The predicted molar refractivity (Wildman–Crippen MR) is 123 cm³/mol. The maximum atomic E-state index is 12.3. The van der Waals surface area contributed by atoms with E-state index in [2.05, 4.69) is 20.6 Å². The summed E-state index contributed by atoms with van der Waals surface area (Å²) in [5.74, 6) is 1.19. The molecule has 2 aromatic heterocycles. The lowest BCUT2D eigenvalue weighted by atomic mass is 9.89. The van der Waals surface area contributed by atoms with E-state index in [9.17, 15) is 14.4 Å². The first-order valence-electron chi connectivity index (χ1n) is 10.5. The molecule has 1 saturated carbocycles. The number of aromatic nitrogens is 2. The van der Waals surface area contributed by atoms with Crippen molar-refractivity contribution in [2.24, 2.45) is 5.92 Å². The fraction of sp³-hybridized carbons (Fsp3) is 0.619. The molecule has 1 unspecified atom stereocenters. The molecule has 1 atom stereocenters. The van der Waals surface area contributed by atoms with Crippen LogP contribution in [-0.4, -0.2) is 40.1 Å². The second-order valence-electron chi connectivity index (χ2n) is 7.85. The summed E-state index contributed by atoms with van der Waals surface area (Å²) < 4.78 is 0. The molecule has 1 aliphatic carbocycles. The van der Waals surface area contributed by atoms with E-state index in [0.29, 0.717) is 30.1 Å². The summed E-state index contributed by atoms with van der Waals surface area (Å²) in [4.78, 5) is 46.0. The van der Waals surface area contributed by atoms with E-state index in [0.717, 1.165) is 41.0 Å². The number of nitrogens with one attached hydrogen (secondary N) is 3. The first-order chi connectivity index (χ1) is 14.4. The number of thioether (sulfide) groups is 1. The molecule has 2 amide bonds. The number of hydrogen-bond acceptors (Lipinski definition) is 6. The van der Waals surface area contributed by atoms with E-state index in [1.165, 1.54) is 29.5 Å². The summed E-state index contributed by atoms with van der Waals surface area (Å²) in [6, 6.07) is 0. The van der Waals surface area contributed by atoms with Gasteiger partial charge in [-0.25, -0.2) is 4.98 Å². The zero-order valence-electron chi connectivity index (χ0n) is 17.8. The second kappa shape index (κ2) is 10.4. The number of H-pyrrole nitrogens is 1. The van der Waals surface area contributed by atoms with Crippen molar-refractivity contribution in [1.82, 2.24) is 20.6 Å². The number of rotatable bonds is 8. The quantitative estimate of drug-likeness (QED) is 0.536. The van der Waals surface area contributed by atoms with Gasteiger partial charge in [0.25, 0.3) is 5.56 Å². The normalized spacial score (nSPS) is 15.8. The van der Waals surface area contributed by atoms with E-state index >= 15 is 0 Å². The van der Waals surface area contributed by atoms with Crippen LogP contribution < -0.4 is 16.2 Å². The molecular weight excluding hydrogens is 420 g/mol. The second-order valence-corrected chi connectivity index (χ2v) is 10.4. The van der Waals surface area contributed by atoms with Gasteiger partial charge in [0.15, 0.2) is 0 Å². The lowest BCUT2D eigenvalue weighted by Crippen LogP contribution is -2.40. The highest BCUT2D eigenvalue weighted by atomic mass is 32.2. The summed E-state index contributed by atoms with van der Waals surface area (Å²) in [7, 11) is 0. The molecule has 30 heavy (non-hydrogen) atoms. The van der Waals surface area contributed by atoms with Crippen molar-refractivity contribution in [3.05, 3.63) is 26.6 Å². The van der Waals surface area contributed by atoms with Gasteiger partial charge in [-0.2, -0.15) is 0 Å². The number of amides is 2. The third-order valence-electron chi connectivity index (χ3n) is 5.63. The van der Waals surface area contributed by atoms with Gasteiger partial charge >= 0.3 is 0 Å². The Kier molecular flexibility index (Phi) is 7.93. The molecule has 0 saturated heterocycles. The Morgan fingerprint density at radius 2 is 1.90 bits per heavy atom. The fourth-order valence-electron chi connectivity index (χ4n) is 3.67. The number of aromatic amines is 1. The molecule has 164 valence electrons. The van der Waals surface area contributed by atoms with Gasteiger partial charge in [0, 0.05) is 23.9 Å². The molecule has 0 aromatic carbocycles. The van der Waals surface area contributed by atoms with E-state index in [1.807, 2.05) is 20.8 Å². The molecular formula is C21H30N4O3S2. The molecule has 0 radical (unpaired) electrons. The van der Waals surface area contributed by atoms with Gasteiger partial charge in [0.05, 0.1) is 16.4 Å². The van der Waals surface area contributed by atoms with Gasteiger partial charge in [-0.3, -0.25) is 14.4 Å². The van der Waals surface area contributed by atoms with Crippen LogP contribution in [0.1, 0.15) is 55.3 Å². The highest BCUT2D eigenvalue weighted by molar-refractivity contribution is 7.99. The van der Waals surface area contributed by atoms with Crippen molar-refractivity contribution < 1.29 is 9.59 Å². The van der Waals surface area contributed by atoms with Crippen molar-refractivity contribution in [3.63, 3.8) is 0 Å². The Balaban J connectivity index is 1.42. The van der Waals surface area contributed by atoms with Crippen molar-refractivity contribution in [2.45, 2.75) is 63.9 Å². The molecule has 1 fully saturated rings. The molecule has 0 bridgehead atoms. The van der Waals surface area contributed by atoms with E-state index in [-0.39, 0.29) is 28.5 Å². The summed E-state index contributed by atoms with van der Waals surface area (Å²) in [5.41, 5.74) is 0.856. The zero-order chi connectivity index (χ0) is 21.7. The smallest absolute Gasteiger partial charge is 0.259 e. The van der Waals surface area contributed by atoms with Crippen LogP contribution in [0.15, 0.2) is 4.79 Å². The molecule has 7 nitrogen and oxygen atoms in total.